The highest BCUT2D eigenvalue weighted by Crippen LogP contribution is 2.18. The Balaban J connectivity index is 2.45. The number of hydrogen-bond acceptors (Lipinski definition) is 2. The van der Waals surface area contributed by atoms with Crippen LogP contribution in [0.4, 0.5) is 0 Å². The molecule has 1 amide bonds. The first-order chi connectivity index (χ1) is 8.13. The van der Waals surface area contributed by atoms with Crippen LogP contribution in [0.1, 0.15) is 13.3 Å². The lowest BCUT2D eigenvalue weighted by Crippen LogP contribution is -2.36. The van der Waals surface area contributed by atoms with Crippen molar-refractivity contribution in [3.8, 4) is 5.75 Å². The Hall–Kier alpha value is -1.48. The van der Waals surface area contributed by atoms with Crippen LogP contribution in [0.2, 0.25) is 5.02 Å². The summed E-state index contributed by atoms with van der Waals surface area (Å²) in [6.07, 6.45) is 1.96. The highest BCUT2D eigenvalue weighted by molar-refractivity contribution is 6.30. The van der Waals surface area contributed by atoms with Gasteiger partial charge >= 0.3 is 0 Å². The third-order valence-electron chi connectivity index (χ3n) is 2.13. The van der Waals surface area contributed by atoms with Crippen molar-refractivity contribution in [1.82, 2.24) is 5.32 Å². The first-order valence-electron chi connectivity index (χ1n) is 5.44. The van der Waals surface area contributed by atoms with Gasteiger partial charge in [0.2, 0.25) is 0 Å². The summed E-state index contributed by atoms with van der Waals surface area (Å²) in [5, 5.41) is 3.34. The van der Waals surface area contributed by atoms with E-state index < -0.39 is 6.10 Å². The molecule has 0 radical (unpaired) electrons. The Morgan fingerprint density at radius 2 is 2.41 bits per heavy atom. The van der Waals surface area contributed by atoms with Crippen LogP contribution in [0.5, 0.6) is 5.75 Å². The summed E-state index contributed by atoms with van der Waals surface area (Å²) in [4.78, 5) is 11.6. The van der Waals surface area contributed by atoms with E-state index in [1.54, 1.807) is 37.3 Å². The van der Waals surface area contributed by atoms with Gasteiger partial charge in [0.25, 0.3) is 5.91 Å². The fourth-order valence-corrected chi connectivity index (χ4v) is 1.42. The molecule has 0 fully saturated rings. The molecule has 0 bridgehead atoms. The van der Waals surface area contributed by atoms with Crippen LogP contribution >= 0.6 is 11.6 Å². The zero-order chi connectivity index (χ0) is 12.7. The van der Waals surface area contributed by atoms with Gasteiger partial charge in [-0.1, -0.05) is 23.7 Å². The lowest BCUT2D eigenvalue weighted by atomic mass is 10.3. The van der Waals surface area contributed by atoms with Gasteiger partial charge in [-0.05, 0) is 31.5 Å². The van der Waals surface area contributed by atoms with Crippen LogP contribution in [-0.4, -0.2) is 18.6 Å². The molecule has 92 valence electrons. The molecular formula is C13H16ClNO2. The van der Waals surface area contributed by atoms with Gasteiger partial charge in [0.05, 0.1) is 0 Å². The number of nitrogens with one attached hydrogen (secondary N) is 1. The number of carbonyl (C=O) groups excluding carboxylic acids is 1. The second-order valence-corrected chi connectivity index (χ2v) is 4.02. The molecule has 1 atom stereocenters. The maximum atomic E-state index is 11.6. The third kappa shape index (κ3) is 4.91. The molecule has 1 unspecified atom stereocenters. The van der Waals surface area contributed by atoms with Gasteiger partial charge < -0.3 is 10.1 Å². The molecule has 1 aromatic rings. The number of halogens is 1. The van der Waals surface area contributed by atoms with Gasteiger partial charge in [0.1, 0.15) is 5.75 Å². The van der Waals surface area contributed by atoms with Crippen molar-refractivity contribution in [2.75, 3.05) is 6.54 Å². The third-order valence-corrected chi connectivity index (χ3v) is 2.36. The Labute approximate surface area is 106 Å². The van der Waals surface area contributed by atoms with E-state index in [1.165, 1.54) is 0 Å². The molecule has 0 saturated heterocycles. The van der Waals surface area contributed by atoms with Crippen molar-refractivity contribution >= 4 is 17.5 Å². The smallest absolute Gasteiger partial charge is 0.260 e. The van der Waals surface area contributed by atoms with Crippen molar-refractivity contribution in [2.45, 2.75) is 19.4 Å². The lowest BCUT2D eigenvalue weighted by Gasteiger charge is -2.14. The summed E-state index contributed by atoms with van der Waals surface area (Å²) in [5.41, 5.74) is 0. The van der Waals surface area contributed by atoms with Crippen LogP contribution in [0, 0.1) is 0 Å². The van der Waals surface area contributed by atoms with Gasteiger partial charge in [0, 0.05) is 11.6 Å². The van der Waals surface area contributed by atoms with Crippen LogP contribution in [0.3, 0.4) is 0 Å². The minimum Gasteiger partial charge on any atom is -0.481 e. The Morgan fingerprint density at radius 3 is 3.06 bits per heavy atom. The molecule has 0 heterocycles. The summed E-state index contributed by atoms with van der Waals surface area (Å²) in [6, 6.07) is 6.97. The summed E-state index contributed by atoms with van der Waals surface area (Å²) in [7, 11) is 0. The van der Waals surface area contributed by atoms with Gasteiger partial charge in [-0.15, -0.1) is 6.58 Å². The quantitative estimate of drug-likeness (QED) is 0.625. The molecule has 0 aliphatic rings. The van der Waals surface area contributed by atoms with Gasteiger partial charge in [-0.2, -0.15) is 0 Å². The van der Waals surface area contributed by atoms with E-state index in [0.29, 0.717) is 17.3 Å². The van der Waals surface area contributed by atoms with Crippen LogP contribution in [0.15, 0.2) is 36.9 Å². The topological polar surface area (TPSA) is 38.3 Å². The summed E-state index contributed by atoms with van der Waals surface area (Å²) < 4.78 is 5.47. The van der Waals surface area contributed by atoms with Gasteiger partial charge in [-0.3, -0.25) is 4.79 Å². The van der Waals surface area contributed by atoms with Crippen molar-refractivity contribution in [2.24, 2.45) is 0 Å². The van der Waals surface area contributed by atoms with Gasteiger partial charge in [0.15, 0.2) is 6.10 Å². The average Bonchev–Trinajstić information content (AvgIpc) is 2.29. The van der Waals surface area contributed by atoms with Crippen LogP contribution < -0.4 is 10.1 Å². The monoisotopic (exact) mass is 253 g/mol. The maximum absolute atomic E-state index is 11.6. The molecular weight excluding hydrogens is 238 g/mol. The van der Waals surface area contributed by atoms with E-state index in [4.69, 9.17) is 16.3 Å². The molecule has 17 heavy (non-hydrogen) atoms. The molecule has 0 aromatic heterocycles. The average molecular weight is 254 g/mol. The zero-order valence-corrected chi connectivity index (χ0v) is 10.5. The number of carbonyl (C=O) groups is 1. The number of ether oxygens (including phenoxy) is 1. The Kier molecular flexibility index (Phi) is 5.57. The fraction of sp³-hybridized carbons (Fsp3) is 0.308. The van der Waals surface area contributed by atoms with Crippen molar-refractivity contribution < 1.29 is 9.53 Å². The van der Waals surface area contributed by atoms with E-state index in [2.05, 4.69) is 11.9 Å². The van der Waals surface area contributed by atoms with E-state index in [-0.39, 0.29) is 5.91 Å². The highest BCUT2D eigenvalue weighted by atomic mass is 35.5. The molecule has 1 rings (SSSR count). The SMILES string of the molecule is C=CCCNC(=O)C(C)Oc1cccc(Cl)c1. The predicted octanol–water partition coefficient (Wildman–Crippen LogP) is 2.80. The zero-order valence-electron chi connectivity index (χ0n) is 9.78. The van der Waals surface area contributed by atoms with Crippen LogP contribution in [-0.2, 0) is 4.79 Å². The number of rotatable bonds is 6. The Bertz CT molecular complexity index is 393. The van der Waals surface area contributed by atoms with E-state index in [9.17, 15) is 4.79 Å². The normalized spacial score (nSPS) is 11.6. The number of benzene rings is 1. The van der Waals surface area contributed by atoms with E-state index >= 15 is 0 Å². The van der Waals surface area contributed by atoms with E-state index in [0.717, 1.165) is 6.42 Å². The Morgan fingerprint density at radius 1 is 1.65 bits per heavy atom. The minimum atomic E-state index is -0.543. The molecule has 1 N–H and O–H groups in total. The standard InChI is InChI=1S/C13H16ClNO2/c1-3-4-8-15-13(16)10(2)17-12-7-5-6-11(14)9-12/h3,5-7,9-10H,1,4,8H2,2H3,(H,15,16). The van der Waals surface area contributed by atoms with Crippen LogP contribution in [0.25, 0.3) is 0 Å². The molecule has 0 aliphatic carbocycles. The largest absolute Gasteiger partial charge is 0.481 e. The van der Waals surface area contributed by atoms with E-state index in [1.807, 2.05) is 0 Å². The summed E-state index contributed by atoms with van der Waals surface area (Å²) in [5.74, 6) is 0.440. The van der Waals surface area contributed by atoms with Crippen molar-refractivity contribution in [1.29, 1.82) is 0 Å². The number of hydrogen-bond donors (Lipinski definition) is 1. The molecule has 0 aliphatic heterocycles. The first kappa shape index (κ1) is 13.6. The molecule has 4 heteroatoms. The van der Waals surface area contributed by atoms with Crippen molar-refractivity contribution in [3.63, 3.8) is 0 Å². The summed E-state index contributed by atoms with van der Waals surface area (Å²) in [6.45, 7) is 5.86. The maximum Gasteiger partial charge on any atom is 0.260 e. The molecule has 0 saturated carbocycles. The second-order valence-electron chi connectivity index (χ2n) is 3.59. The van der Waals surface area contributed by atoms with Gasteiger partial charge in [-0.25, -0.2) is 0 Å². The number of amides is 1. The molecule has 0 spiro atoms. The molecule has 1 aromatic carbocycles. The predicted molar refractivity (Wildman–Crippen MR) is 69.4 cm³/mol. The second kappa shape index (κ2) is 6.97. The first-order valence-corrected chi connectivity index (χ1v) is 5.82. The molecule has 3 nitrogen and oxygen atoms in total. The van der Waals surface area contributed by atoms with Crippen molar-refractivity contribution in [3.05, 3.63) is 41.9 Å². The fourth-order valence-electron chi connectivity index (χ4n) is 1.24. The highest BCUT2D eigenvalue weighted by Gasteiger charge is 2.13. The lowest BCUT2D eigenvalue weighted by molar-refractivity contribution is -0.127. The minimum absolute atomic E-state index is 0.146. The summed E-state index contributed by atoms with van der Waals surface area (Å²) >= 11 is 5.82.